The van der Waals surface area contributed by atoms with Crippen molar-refractivity contribution < 1.29 is 9.90 Å². The highest BCUT2D eigenvalue weighted by molar-refractivity contribution is 5.85. The molecule has 0 atom stereocenters. The molecule has 0 spiro atoms. The minimum atomic E-state index is -0.782. The lowest BCUT2D eigenvalue weighted by Gasteiger charge is -1.96. The summed E-state index contributed by atoms with van der Waals surface area (Å²) in [5.41, 5.74) is 1.96. The monoisotopic (exact) mass is 186 g/mol. The number of rotatable bonds is 2. The van der Waals surface area contributed by atoms with Crippen molar-refractivity contribution in [1.82, 2.24) is 0 Å². The maximum Gasteiger partial charge on any atom is 0.307 e. The fraction of sp³-hybridized carbons (Fsp3) is 0.222. The van der Waals surface area contributed by atoms with E-state index in [-0.39, 0.29) is 18.8 Å². The number of aryl methyl sites for hydroxylation is 1. The molecule has 0 fully saturated rings. The molecule has 66 valence electrons. The summed E-state index contributed by atoms with van der Waals surface area (Å²) in [7, 11) is 0. The van der Waals surface area contributed by atoms with Crippen LogP contribution in [0.4, 0.5) is 0 Å². The summed E-state index contributed by atoms with van der Waals surface area (Å²) in [5.74, 6) is -0.782. The van der Waals surface area contributed by atoms with Crippen molar-refractivity contribution in [2.75, 3.05) is 0 Å². The second-order valence-electron chi connectivity index (χ2n) is 2.56. The van der Waals surface area contributed by atoms with Crippen molar-refractivity contribution in [3.8, 4) is 0 Å². The molecule has 12 heavy (non-hydrogen) atoms. The van der Waals surface area contributed by atoms with Gasteiger partial charge in [-0.1, -0.05) is 29.8 Å². The summed E-state index contributed by atoms with van der Waals surface area (Å²) in [4.78, 5) is 10.3. The highest BCUT2D eigenvalue weighted by atomic mass is 35.5. The van der Waals surface area contributed by atoms with Crippen molar-refractivity contribution in [3.63, 3.8) is 0 Å². The van der Waals surface area contributed by atoms with Crippen LogP contribution < -0.4 is 0 Å². The second kappa shape index (κ2) is 4.78. The zero-order valence-electron chi connectivity index (χ0n) is 6.78. The molecule has 0 saturated carbocycles. The number of benzene rings is 1. The number of hydrogen-bond donors (Lipinski definition) is 1. The van der Waals surface area contributed by atoms with Gasteiger partial charge in [0.05, 0.1) is 6.42 Å². The largest absolute Gasteiger partial charge is 0.481 e. The Morgan fingerprint density at radius 1 is 1.50 bits per heavy atom. The molecule has 0 aliphatic heterocycles. The van der Waals surface area contributed by atoms with Gasteiger partial charge in [0.15, 0.2) is 0 Å². The van der Waals surface area contributed by atoms with Gasteiger partial charge in [0.1, 0.15) is 0 Å². The summed E-state index contributed by atoms with van der Waals surface area (Å²) >= 11 is 0. The molecule has 1 N–H and O–H groups in total. The smallest absolute Gasteiger partial charge is 0.307 e. The fourth-order valence-electron chi connectivity index (χ4n) is 0.997. The van der Waals surface area contributed by atoms with Crippen LogP contribution in [0.2, 0.25) is 0 Å². The Kier molecular flexibility index (Phi) is 4.37. The second-order valence-corrected chi connectivity index (χ2v) is 2.56. The molecule has 1 aromatic rings. The SMILES string of the molecule is Cc1cccc(CC(=O)O)c1.Cl. The van der Waals surface area contributed by atoms with Gasteiger partial charge in [-0.2, -0.15) is 0 Å². The van der Waals surface area contributed by atoms with Gasteiger partial charge in [0.25, 0.3) is 0 Å². The summed E-state index contributed by atoms with van der Waals surface area (Å²) in [6.07, 6.45) is 0.113. The first-order chi connectivity index (χ1) is 5.18. The number of hydrogen-bond acceptors (Lipinski definition) is 1. The number of carbonyl (C=O) groups is 1. The molecule has 1 aromatic carbocycles. The van der Waals surface area contributed by atoms with Crippen LogP contribution in [0, 0.1) is 6.92 Å². The summed E-state index contributed by atoms with van der Waals surface area (Å²) in [5, 5.41) is 8.46. The molecule has 0 bridgehead atoms. The normalized spacial score (nSPS) is 8.75. The van der Waals surface area contributed by atoms with Crippen LogP contribution in [0.1, 0.15) is 11.1 Å². The Morgan fingerprint density at radius 3 is 2.67 bits per heavy atom. The average Bonchev–Trinajstić information content (AvgIpc) is 1.85. The van der Waals surface area contributed by atoms with Crippen LogP contribution in [-0.4, -0.2) is 11.1 Å². The molecular weight excluding hydrogens is 176 g/mol. The standard InChI is InChI=1S/C9H10O2.ClH/c1-7-3-2-4-8(5-7)6-9(10)11;/h2-5H,6H2,1H3,(H,10,11);1H. The third-order valence-corrected chi connectivity index (χ3v) is 1.44. The number of carboxylic acid groups (broad SMARTS) is 1. The molecule has 1 rings (SSSR count). The minimum Gasteiger partial charge on any atom is -0.481 e. The summed E-state index contributed by atoms with van der Waals surface area (Å²) in [6.45, 7) is 1.95. The Hall–Kier alpha value is -1.02. The van der Waals surface area contributed by atoms with Crippen molar-refractivity contribution in [2.24, 2.45) is 0 Å². The zero-order valence-corrected chi connectivity index (χ0v) is 7.60. The first kappa shape index (κ1) is 11.0. The van der Waals surface area contributed by atoms with E-state index in [0.717, 1.165) is 11.1 Å². The van der Waals surface area contributed by atoms with Gasteiger partial charge >= 0.3 is 5.97 Å². The van der Waals surface area contributed by atoms with E-state index in [1.807, 2.05) is 31.2 Å². The van der Waals surface area contributed by atoms with E-state index in [1.54, 1.807) is 0 Å². The number of carboxylic acids is 1. The van der Waals surface area contributed by atoms with E-state index in [2.05, 4.69) is 0 Å². The van der Waals surface area contributed by atoms with Crippen LogP contribution >= 0.6 is 12.4 Å². The van der Waals surface area contributed by atoms with E-state index in [9.17, 15) is 4.79 Å². The van der Waals surface area contributed by atoms with Crippen molar-refractivity contribution >= 4 is 18.4 Å². The number of aliphatic carboxylic acids is 1. The van der Waals surface area contributed by atoms with Crippen LogP contribution in [0.25, 0.3) is 0 Å². The molecule has 3 heteroatoms. The predicted molar refractivity (Wildman–Crippen MR) is 49.8 cm³/mol. The van der Waals surface area contributed by atoms with Gasteiger partial charge in [0, 0.05) is 0 Å². The molecule has 0 unspecified atom stereocenters. The molecule has 0 aliphatic rings. The van der Waals surface area contributed by atoms with Crippen LogP contribution in [0.5, 0.6) is 0 Å². The van der Waals surface area contributed by atoms with E-state index in [1.165, 1.54) is 0 Å². The van der Waals surface area contributed by atoms with Gasteiger partial charge in [-0.3, -0.25) is 4.79 Å². The summed E-state index contributed by atoms with van der Waals surface area (Å²) < 4.78 is 0. The van der Waals surface area contributed by atoms with Crippen molar-refractivity contribution in [3.05, 3.63) is 35.4 Å². The first-order valence-electron chi connectivity index (χ1n) is 3.46. The molecule has 0 heterocycles. The molecule has 0 radical (unpaired) electrons. The third-order valence-electron chi connectivity index (χ3n) is 1.44. The minimum absolute atomic E-state index is 0. The highest BCUT2D eigenvalue weighted by Crippen LogP contribution is 2.03. The molecule has 0 aromatic heterocycles. The highest BCUT2D eigenvalue weighted by Gasteiger charge is 1.98. The Labute approximate surface area is 77.6 Å². The molecule has 2 nitrogen and oxygen atoms in total. The fourth-order valence-corrected chi connectivity index (χ4v) is 0.997. The van der Waals surface area contributed by atoms with Crippen LogP contribution in [0.3, 0.4) is 0 Å². The Balaban J connectivity index is 0.00000121. The predicted octanol–water partition coefficient (Wildman–Crippen LogP) is 2.04. The molecule has 0 aliphatic carbocycles. The average molecular weight is 187 g/mol. The number of halogens is 1. The van der Waals surface area contributed by atoms with Crippen molar-refractivity contribution in [2.45, 2.75) is 13.3 Å². The molecule has 0 amide bonds. The Bertz CT molecular complexity index is 271. The van der Waals surface area contributed by atoms with Gasteiger partial charge in [-0.05, 0) is 12.5 Å². The van der Waals surface area contributed by atoms with E-state index >= 15 is 0 Å². The molecular formula is C9H11ClO2. The third kappa shape index (κ3) is 3.39. The quantitative estimate of drug-likeness (QED) is 0.768. The van der Waals surface area contributed by atoms with Gasteiger partial charge in [-0.15, -0.1) is 12.4 Å². The maximum absolute atomic E-state index is 10.3. The molecule has 0 saturated heterocycles. The topological polar surface area (TPSA) is 37.3 Å². The van der Waals surface area contributed by atoms with E-state index < -0.39 is 5.97 Å². The van der Waals surface area contributed by atoms with Gasteiger partial charge < -0.3 is 5.11 Å². The van der Waals surface area contributed by atoms with Crippen LogP contribution in [0.15, 0.2) is 24.3 Å². The van der Waals surface area contributed by atoms with Gasteiger partial charge in [-0.25, -0.2) is 0 Å². The maximum atomic E-state index is 10.3. The lowest BCUT2D eigenvalue weighted by atomic mass is 10.1. The zero-order chi connectivity index (χ0) is 8.27. The lowest BCUT2D eigenvalue weighted by Crippen LogP contribution is -1.99. The van der Waals surface area contributed by atoms with Crippen LogP contribution in [-0.2, 0) is 11.2 Å². The Morgan fingerprint density at radius 2 is 2.17 bits per heavy atom. The summed E-state index contributed by atoms with van der Waals surface area (Å²) in [6, 6.07) is 7.52. The first-order valence-corrected chi connectivity index (χ1v) is 3.46. The lowest BCUT2D eigenvalue weighted by molar-refractivity contribution is -0.136. The van der Waals surface area contributed by atoms with Gasteiger partial charge in [0.2, 0.25) is 0 Å². The van der Waals surface area contributed by atoms with Crippen molar-refractivity contribution in [1.29, 1.82) is 0 Å². The van der Waals surface area contributed by atoms with E-state index in [0.29, 0.717) is 0 Å². The van der Waals surface area contributed by atoms with E-state index in [4.69, 9.17) is 5.11 Å².